The first kappa shape index (κ1) is 29.6. The predicted octanol–water partition coefficient (Wildman–Crippen LogP) is 6.42. The standard InChI is InChI=1S/C25H33Cl2O7P/c1-7-29-15(4)32-18-13-21(33-16(5)30-8-2)24(22(14-18)34-17(6)31-9-3)35-25(28)23-19(26)11-10-12-20(23)27/h10-17,35H,7-9H2,1-6H3. The molecular formula is C25H33Cl2O7P. The van der Waals surface area contributed by atoms with Gasteiger partial charge in [0.2, 0.25) is 0 Å². The van der Waals surface area contributed by atoms with Crippen LogP contribution in [0.3, 0.4) is 0 Å². The molecule has 0 aliphatic rings. The summed E-state index contributed by atoms with van der Waals surface area (Å²) in [6, 6.07) is 8.31. The van der Waals surface area contributed by atoms with Crippen LogP contribution < -0.4 is 19.5 Å². The summed E-state index contributed by atoms with van der Waals surface area (Å²) in [5.74, 6) is 1.20. The summed E-state index contributed by atoms with van der Waals surface area (Å²) in [6.45, 7) is 12.3. The summed E-state index contributed by atoms with van der Waals surface area (Å²) in [5, 5.41) is 1.06. The summed E-state index contributed by atoms with van der Waals surface area (Å²) in [7, 11) is -0.414. The quantitative estimate of drug-likeness (QED) is 0.188. The number of carbonyl (C=O) groups excluding carboxylic acids is 1. The highest BCUT2D eigenvalue weighted by Crippen LogP contribution is 2.38. The normalized spacial score (nSPS) is 14.1. The molecule has 0 fully saturated rings. The van der Waals surface area contributed by atoms with Gasteiger partial charge in [-0.05, 0) is 62.3 Å². The Morgan fingerprint density at radius 2 is 1.23 bits per heavy atom. The lowest BCUT2D eigenvalue weighted by Crippen LogP contribution is -2.24. The van der Waals surface area contributed by atoms with E-state index in [2.05, 4.69) is 0 Å². The molecule has 0 bridgehead atoms. The van der Waals surface area contributed by atoms with Gasteiger partial charge in [0.15, 0.2) is 24.4 Å². The number of hydrogen-bond acceptors (Lipinski definition) is 7. The summed E-state index contributed by atoms with van der Waals surface area (Å²) in [4.78, 5) is 13.3. The van der Waals surface area contributed by atoms with E-state index in [1.165, 1.54) is 0 Å². The number of hydrogen-bond donors (Lipinski definition) is 0. The lowest BCUT2D eigenvalue weighted by molar-refractivity contribution is -0.0678. The zero-order chi connectivity index (χ0) is 26.0. The van der Waals surface area contributed by atoms with Crippen LogP contribution >= 0.6 is 31.8 Å². The van der Waals surface area contributed by atoms with Gasteiger partial charge in [0.1, 0.15) is 17.2 Å². The van der Waals surface area contributed by atoms with Crippen molar-refractivity contribution in [3.63, 3.8) is 0 Å². The molecule has 0 aliphatic carbocycles. The maximum absolute atomic E-state index is 13.3. The van der Waals surface area contributed by atoms with Crippen molar-refractivity contribution in [2.75, 3.05) is 19.8 Å². The second-order valence-corrected chi connectivity index (χ2v) is 9.29. The molecule has 0 amide bonds. The highest BCUT2D eigenvalue weighted by molar-refractivity contribution is 7.66. The molecule has 0 spiro atoms. The topological polar surface area (TPSA) is 72.5 Å². The van der Waals surface area contributed by atoms with Gasteiger partial charge < -0.3 is 28.4 Å². The van der Waals surface area contributed by atoms with Gasteiger partial charge in [-0.25, -0.2) is 0 Å². The smallest absolute Gasteiger partial charge is 0.197 e. The van der Waals surface area contributed by atoms with Crippen molar-refractivity contribution in [2.24, 2.45) is 0 Å². The molecule has 0 saturated carbocycles. The largest absolute Gasteiger partial charge is 0.465 e. The molecule has 2 aromatic rings. The highest BCUT2D eigenvalue weighted by Gasteiger charge is 2.24. The fourth-order valence-electron chi connectivity index (χ4n) is 3.19. The van der Waals surface area contributed by atoms with Crippen molar-refractivity contribution in [1.29, 1.82) is 0 Å². The van der Waals surface area contributed by atoms with E-state index in [0.29, 0.717) is 42.4 Å². The molecular weight excluding hydrogens is 514 g/mol. The Morgan fingerprint density at radius 3 is 1.66 bits per heavy atom. The molecule has 0 saturated heterocycles. The third kappa shape index (κ3) is 9.09. The van der Waals surface area contributed by atoms with E-state index < -0.39 is 27.5 Å². The molecule has 0 N–H and O–H groups in total. The van der Waals surface area contributed by atoms with Crippen LogP contribution in [0.15, 0.2) is 30.3 Å². The molecule has 4 unspecified atom stereocenters. The number of benzene rings is 2. The minimum absolute atomic E-state index is 0.243. The Kier molecular flexibility index (Phi) is 12.6. The molecule has 35 heavy (non-hydrogen) atoms. The van der Waals surface area contributed by atoms with Crippen LogP contribution in [-0.2, 0) is 14.2 Å². The summed E-state index contributed by atoms with van der Waals surface area (Å²) in [6.07, 6.45) is -1.68. The lowest BCUT2D eigenvalue weighted by atomic mass is 10.2. The van der Waals surface area contributed by atoms with Crippen LogP contribution in [0.25, 0.3) is 0 Å². The Morgan fingerprint density at radius 1 is 0.800 bits per heavy atom. The van der Waals surface area contributed by atoms with Crippen LogP contribution in [0.2, 0.25) is 10.0 Å². The Labute approximate surface area is 219 Å². The van der Waals surface area contributed by atoms with Crippen molar-refractivity contribution < 1.29 is 33.2 Å². The van der Waals surface area contributed by atoms with E-state index in [-0.39, 0.29) is 21.1 Å². The average Bonchev–Trinajstić information content (AvgIpc) is 2.76. The molecule has 194 valence electrons. The molecule has 10 heteroatoms. The number of ether oxygens (including phenoxy) is 6. The van der Waals surface area contributed by atoms with Gasteiger partial charge in [-0.15, -0.1) is 0 Å². The average molecular weight is 547 g/mol. The minimum Gasteiger partial charge on any atom is -0.465 e. The number of rotatable bonds is 15. The minimum atomic E-state index is -0.584. The maximum atomic E-state index is 13.3. The van der Waals surface area contributed by atoms with Crippen molar-refractivity contribution in [1.82, 2.24) is 0 Å². The van der Waals surface area contributed by atoms with Crippen molar-refractivity contribution in [2.45, 2.75) is 60.4 Å². The first-order chi connectivity index (χ1) is 16.7. The molecule has 0 radical (unpaired) electrons. The van der Waals surface area contributed by atoms with E-state index in [1.807, 2.05) is 20.8 Å². The maximum Gasteiger partial charge on any atom is 0.197 e. The van der Waals surface area contributed by atoms with Crippen LogP contribution in [0.5, 0.6) is 17.2 Å². The fourth-order valence-corrected chi connectivity index (χ4v) is 5.05. The van der Waals surface area contributed by atoms with Crippen molar-refractivity contribution in [3.8, 4) is 17.2 Å². The van der Waals surface area contributed by atoms with Crippen LogP contribution in [0.4, 0.5) is 0 Å². The zero-order valence-corrected chi connectivity index (χ0v) is 23.4. The van der Waals surface area contributed by atoms with Crippen molar-refractivity contribution in [3.05, 3.63) is 45.9 Å². The SMILES string of the molecule is CCOC(C)Oc1cc(OC(C)OCC)c(PC(=O)c2c(Cl)cccc2Cl)c(OC(C)OCC)c1. The second-order valence-electron chi connectivity index (χ2n) is 7.27. The van der Waals surface area contributed by atoms with Crippen molar-refractivity contribution >= 4 is 42.6 Å². The van der Waals surface area contributed by atoms with E-state index in [1.54, 1.807) is 51.1 Å². The second kappa shape index (κ2) is 14.8. The summed E-state index contributed by atoms with van der Waals surface area (Å²) >= 11 is 12.6. The van der Waals surface area contributed by atoms with Gasteiger partial charge in [0.05, 0.1) is 20.9 Å². The van der Waals surface area contributed by atoms with Gasteiger partial charge in [-0.2, -0.15) is 0 Å². The Balaban J connectivity index is 2.57. The Bertz CT molecular complexity index is 918. The van der Waals surface area contributed by atoms with Crippen LogP contribution in [0.1, 0.15) is 51.9 Å². The molecule has 0 aromatic heterocycles. The van der Waals surface area contributed by atoms with E-state index in [9.17, 15) is 4.79 Å². The van der Waals surface area contributed by atoms with E-state index >= 15 is 0 Å². The number of carbonyl (C=O) groups is 1. The third-order valence-corrected chi connectivity index (χ3v) is 6.41. The monoisotopic (exact) mass is 546 g/mol. The molecule has 0 aliphatic heterocycles. The molecule has 4 atom stereocenters. The first-order valence-corrected chi connectivity index (χ1v) is 13.2. The fraction of sp³-hybridized carbons (Fsp3) is 0.480. The first-order valence-electron chi connectivity index (χ1n) is 11.5. The number of halogens is 2. The Hall–Kier alpha value is -1.60. The lowest BCUT2D eigenvalue weighted by Gasteiger charge is -2.23. The van der Waals surface area contributed by atoms with Gasteiger partial charge in [0.25, 0.3) is 0 Å². The van der Waals surface area contributed by atoms with Gasteiger partial charge in [0, 0.05) is 32.0 Å². The molecule has 2 aromatic carbocycles. The highest BCUT2D eigenvalue weighted by atomic mass is 35.5. The predicted molar refractivity (Wildman–Crippen MR) is 140 cm³/mol. The molecule has 7 nitrogen and oxygen atoms in total. The van der Waals surface area contributed by atoms with Gasteiger partial charge >= 0.3 is 0 Å². The van der Waals surface area contributed by atoms with E-state index in [4.69, 9.17) is 51.6 Å². The molecule has 2 rings (SSSR count). The summed E-state index contributed by atoms with van der Waals surface area (Å²) < 4.78 is 34.7. The van der Waals surface area contributed by atoms with Crippen LogP contribution in [0, 0.1) is 0 Å². The third-order valence-electron chi connectivity index (χ3n) is 4.56. The van der Waals surface area contributed by atoms with Crippen LogP contribution in [-0.4, -0.2) is 44.2 Å². The van der Waals surface area contributed by atoms with E-state index in [0.717, 1.165) is 0 Å². The van der Waals surface area contributed by atoms with Gasteiger partial charge in [-0.1, -0.05) is 29.3 Å². The summed E-state index contributed by atoms with van der Waals surface area (Å²) in [5.41, 5.74) is -0.0214. The van der Waals surface area contributed by atoms with Gasteiger partial charge in [-0.3, -0.25) is 4.79 Å². The zero-order valence-electron chi connectivity index (χ0n) is 20.9. The molecule has 0 heterocycles.